The third kappa shape index (κ3) is 3.00. The maximum absolute atomic E-state index is 10.6. The molecule has 0 aliphatic heterocycles. The van der Waals surface area contributed by atoms with E-state index >= 15 is 0 Å². The van der Waals surface area contributed by atoms with Gasteiger partial charge in [-0.25, -0.2) is 0 Å². The molecule has 0 spiro atoms. The zero-order chi connectivity index (χ0) is 6.08. The van der Waals surface area contributed by atoms with E-state index in [-0.39, 0.29) is 4.75 Å². The van der Waals surface area contributed by atoms with Crippen LogP contribution in [0.5, 0.6) is 0 Å². The van der Waals surface area contributed by atoms with E-state index in [1.54, 1.807) is 7.12 Å². The molecule has 1 nitrogen and oxygen atoms in total. The summed E-state index contributed by atoms with van der Waals surface area (Å²) in [6.07, 6.45) is 0. The molecule has 0 rings (SSSR count). The molecule has 0 aromatic heterocycles. The maximum Gasteiger partial charge on any atom is 0.377 e. The highest BCUT2D eigenvalue weighted by Gasteiger charge is 2.18. The van der Waals surface area contributed by atoms with Crippen LogP contribution in [0.4, 0.5) is 0 Å². The second-order valence-electron chi connectivity index (χ2n) is 2.57. The van der Waals surface area contributed by atoms with E-state index in [4.69, 9.17) is 0 Å². The van der Waals surface area contributed by atoms with Crippen molar-refractivity contribution in [3.05, 3.63) is 0 Å². The van der Waals surface area contributed by atoms with Crippen LogP contribution in [0.2, 0.25) is 0 Å². The standard InChI is InChI=1S/C4H11BOS/c1-4(2,3)7(5)6/h5H2,1-3H3. The minimum atomic E-state index is -0.683. The SMILES string of the molecule is B[S+]([O-])C(C)(C)C. The molecule has 1 atom stereocenters. The predicted molar refractivity (Wildman–Crippen MR) is 36.4 cm³/mol. The summed E-state index contributed by atoms with van der Waals surface area (Å²) < 4.78 is 10.5. The molecule has 42 valence electrons. The Bertz CT molecular complexity index is 57.2. The van der Waals surface area contributed by atoms with Crippen molar-refractivity contribution in [3.63, 3.8) is 0 Å². The highest BCUT2D eigenvalue weighted by Crippen LogP contribution is 2.10. The molecule has 7 heavy (non-hydrogen) atoms. The third-order valence-electron chi connectivity index (χ3n) is 0.862. The molecular formula is C4H11BOS. The molecule has 1 unspecified atom stereocenters. The highest BCUT2D eigenvalue weighted by atomic mass is 32.2. The first-order chi connectivity index (χ1) is 2.94. The Balaban J connectivity index is 3.54. The van der Waals surface area contributed by atoms with Crippen molar-refractivity contribution in [2.45, 2.75) is 25.5 Å². The minimum Gasteiger partial charge on any atom is -0.635 e. The van der Waals surface area contributed by atoms with Gasteiger partial charge in [-0.05, 0) is 20.8 Å². The second kappa shape index (κ2) is 2.10. The molecule has 0 bridgehead atoms. The van der Waals surface area contributed by atoms with Crippen molar-refractivity contribution < 1.29 is 4.55 Å². The first kappa shape index (κ1) is 7.37. The molecule has 0 aromatic rings. The van der Waals surface area contributed by atoms with E-state index in [0.717, 1.165) is 0 Å². The molecule has 0 heterocycles. The molecular weight excluding hydrogens is 107 g/mol. The molecule has 0 fully saturated rings. The van der Waals surface area contributed by atoms with Crippen molar-refractivity contribution in [1.29, 1.82) is 0 Å². The van der Waals surface area contributed by atoms with Crippen LogP contribution in [0.3, 0.4) is 0 Å². The molecule has 0 aliphatic rings. The monoisotopic (exact) mass is 118 g/mol. The average Bonchev–Trinajstić information content (AvgIpc) is 1.31. The summed E-state index contributed by atoms with van der Waals surface area (Å²) in [5.74, 6) is 0. The van der Waals surface area contributed by atoms with Gasteiger partial charge < -0.3 is 4.55 Å². The van der Waals surface area contributed by atoms with Crippen LogP contribution in [0.25, 0.3) is 0 Å². The topological polar surface area (TPSA) is 23.1 Å². The number of hydrogen-bond acceptors (Lipinski definition) is 1. The van der Waals surface area contributed by atoms with Gasteiger partial charge in [0.05, 0.1) is 4.75 Å². The quantitative estimate of drug-likeness (QED) is 0.326. The molecule has 0 saturated heterocycles. The summed E-state index contributed by atoms with van der Waals surface area (Å²) in [4.78, 5) is 0. The highest BCUT2D eigenvalue weighted by molar-refractivity contribution is 8.13. The van der Waals surface area contributed by atoms with E-state index < -0.39 is 11.0 Å². The van der Waals surface area contributed by atoms with Gasteiger partial charge in [-0.2, -0.15) is 0 Å². The lowest BCUT2D eigenvalue weighted by molar-refractivity contribution is 0.575. The summed E-state index contributed by atoms with van der Waals surface area (Å²) in [6, 6.07) is 0. The van der Waals surface area contributed by atoms with Crippen molar-refractivity contribution in [1.82, 2.24) is 0 Å². The average molecular weight is 118 g/mol. The Hall–Kier alpha value is 0.375. The van der Waals surface area contributed by atoms with Gasteiger partial charge in [0.15, 0.2) is 0 Å². The van der Waals surface area contributed by atoms with Gasteiger partial charge in [-0.15, -0.1) is 11.0 Å². The second-order valence-corrected chi connectivity index (χ2v) is 4.70. The molecule has 0 aromatic carbocycles. The normalized spacial score (nSPS) is 16.6. The van der Waals surface area contributed by atoms with Crippen molar-refractivity contribution in [2.75, 3.05) is 0 Å². The summed E-state index contributed by atoms with van der Waals surface area (Å²) in [6.45, 7) is 5.88. The summed E-state index contributed by atoms with van der Waals surface area (Å²) in [7, 11) is 1.72. The van der Waals surface area contributed by atoms with E-state index in [1.165, 1.54) is 0 Å². The Morgan fingerprint density at radius 2 is 1.57 bits per heavy atom. The van der Waals surface area contributed by atoms with Crippen LogP contribution in [0.1, 0.15) is 20.8 Å². The Kier molecular flexibility index (Phi) is 2.21. The number of hydrogen-bond donors (Lipinski definition) is 0. The lowest BCUT2D eigenvalue weighted by Gasteiger charge is -2.21. The summed E-state index contributed by atoms with van der Waals surface area (Å²) in [5, 5.41) is 0. The van der Waals surface area contributed by atoms with Gasteiger partial charge in [-0.3, -0.25) is 0 Å². The van der Waals surface area contributed by atoms with Gasteiger partial charge in [0.2, 0.25) is 0 Å². The van der Waals surface area contributed by atoms with Crippen LogP contribution in [0.15, 0.2) is 0 Å². The third-order valence-corrected chi connectivity index (χ3v) is 2.59. The maximum atomic E-state index is 10.6. The fourth-order valence-corrected chi connectivity index (χ4v) is 0. The smallest absolute Gasteiger partial charge is 0.377 e. The van der Waals surface area contributed by atoms with Crippen LogP contribution < -0.4 is 0 Å². The lowest BCUT2D eigenvalue weighted by atomic mass is 10.3. The van der Waals surface area contributed by atoms with Crippen LogP contribution in [-0.4, -0.2) is 16.4 Å². The van der Waals surface area contributed by atoms with E-state index in [9.17, 15) is 4.55 Å². The fraction of sp³-hybridized carbons (Fsp3) is 1.00. The molecule has 0 amide bonds. The van der Waals surface area contributed by atoms with Gasteiger partial charge in [-0.1, -0.05) is 0 Å². The van der Waals surface area contributed by atoms with Gasteiger partial charge in [0, 0.05) is 0 Å². The largest absolute Gasteiger partial charge is 0.635 e. The zero-order valence-corrected chi connectivity index (χ0v) is 6.13. The predicted octanol–water partition coefficient (Wildman–Crippen LogP) is 0.0817. The summed E-state index contributed by atoms with van der Waals surface area (Å²) in [5.41, 5.74) is 0. The van der Waals surface area contributed by atoms with Crippen LogP contribution in [0, 0.1) is 0 Å². The fourth-order valence-electron chi connectivity index (χ4n) is 0. The van der Waals surface area contributed by atoms with Gasteiger partial charge in [0.25, 0.3) is 0 Å². The number of rotatable bonds is 0. The van der Waals surface area contributed by atoms with E-state index in [1.807, 2.05) is 20.8 Å². The first-order valence-electron chi connectivity index (χ1n) is 2.28. The lowest BCUT2D eigenvalue weighted by Crippen LogP contribution is -2.27. The van der Waals surface area contributed by atoms with E-state index in [0.29, 0.717) is 0 Å². The molecule has 3 heteroatoms. The van der Waals surface area contributed by atoms with Crippen molar-refractivity contribution >= 4 is 18.2 Å². The molecule has 0 N–H and O–H groups in total. The molecule has 0 radical (unpaired) electrons. The van der Waals surface area contributed by atoms with Crippen molar-refractivity contribution in [2.24, 2.45) is 0 Å². The van der Waals surface area contributed by atoms with Gasteiger partial charge in [0.1, 0.15) is 0 Å². The first-order valence-corrected chi connectivity index (χ1v) is 3.84. The van der Waals surface area contributed by atoms with E-state index in [2.05, 4.69) is 0 Å². The van der Waals surface area contributed by atoms with Crippen LogP contribution >= 0.6 is 0 Å². The molecule has 0 aliphatic carbocycles. The van der Waals surface area contributed by atoms with Gasteiger partial charge >= 0.3 is 7.12 Å². The van der Waals surface area contributed by atoms with Crippen LogP contribution in [-0.2, 0) is 11.0 Å². The molecule has 0 saturated carbocycles. The minimum absolute atomic E-state index is 0.0278. The van der Waals surface area contributed by atoms with Crippen molar-refractivity contribution in [3.8, 4) is 0 Å². The Labute approximate surface area is 49.0 Å². The summed E-state index contributed by atoms with van der Waals surface area (Å²) >= 11 is -0.683. The Morgan fingerprint density at radius 1 is 1.43 bits per heavy atom. The zero-order valence-electron chi connectivity index (χ0n) is 5.32. The Morgan fingerprint density at radius 3 is 1.57 bits per heavy atom.